The van der Waals surface area contributed by atoms with Crippen LogP contribution in [-0.2, 0) is 52.3 Å². The van der Waals surface area contributed by atoms with Gasteiger partial charge < -0.3 is 89.0 Å². The van der Waals surface area contributed by atoms with Gasteiger partial charge in [-0.05, 0) is 84.9 Å². The van der Waals surface area contributed by atoms with Gasteiger partial charge in [-0.25, -0.2) is 0 Å². The number of carboxylic acid groups (broad SMARTS) is 1. The fraction of sp³-hybridized carbons (Fsp3) is 0.902. The van der Waals surface area contributed by atoms with Crippen LogP contribution in [0.4, 0.5) is 0 Å². The Morgan fingerprint density at radius 2 is 1.26 bits per heavy atom. The summed E-state index contributed by atoms with van der Waals surface area (Å²) in [6.07, 6.45) is -18.9. The first-order valence-corrected chi connectivity index (χ1v) is 25.7. The van der Waals surface area contributed by atoms with Gasteiger partial charge in [0.1, 0.15) is 78.7 Å². The molecule has 7 fully saturated rings. The first kappa shape index (κ1) is 55.8. The second kappa shape index (κ2) is 19.8. The molecule has 3 heterocycles. The van der Waals surface area contributed by atoms with E-state index in [2.05, 4.69) is 40.7 Å². The SMILES string of the molecule is CC(=O)O[C@H]1[C@H](OC(C)=O)[C@]2(C(=O)O)CC[C@]3(C)C(=CC[C@@H]4[C@@]5(C)CC[C@H](O[C@@H]6O[C@H](CO)[C@@H](O[C@@H]7OC[C@H](O)[C@H](O)[C@H]7O)[C@H](O)[C@H]6O[C@@H]6O[C@H](CO)[C@@H](O)[C@H](O)[C@H]6O)C(C)(C)[C@@H]5CC[C@]43C)[C@@H]2CC1(C)C. The van der Waals surface area contributed by atoms with Crippen LogP contribution in [0, 0.1) is 50.2 Å². The highest BCUT2D eigenvalue weighted by Crippen LogP contribution is 2.76. The summed E-state index contributed by atoms with van der Waals surface area (Å²) in [5.41, 5.74) is -2.87. The number of rotatable bonds is 11. The van der Waals surface area contributed by atoms with Gasteiger partial charge in [-0.3, -0.25) is 14.4 Å². The van der Waals surface area contributed by atoms with E-state index in [0.717, 1.165) is 18.4 Å². The second-order valence-electron chi connectivity index (χ2n) is 24.3. The lowest BCUT2D eigenvalue weighted by atomic mass is 9.33. The summed E-state index contributed by atoms with van der Waals surface area (Å²) in [5.74, 6) is -2.65. The van der Waals surface area contributed by atoms with E-state index in [1.165, 1.54) is 13.8 Å². The van der Waals surface area contributed by atoms with Gasteiger partial charge in [-0.2, -0.15) is 0 Å². The van der Waals surface area contributed by atoms with Gasteiger partial charge in [0.2, 0.25) is 0 Å². The topological polar surface area (TPSA) is 327 Å². The third kappa shape index (κ3) is 8.78. The first-order chi connectivity index (χ1) is 33.5. The molecule has 24 atom stereocenters. The van der Waals surface area contributed by atoms with Crippen LogP contribution in [0.5, 0.6) is 0 Å². The summed E-state index contributed by atoms with van der Waals surface area (Å²) in [7, 11) is 0. The molecule has 0 radical (unpaired) electrons. The molecule has 0 unspecified atom stereocenters. The average molecular weight is 1030 g/mol. The summed E-state index contributed by atoms with van der Waals surface area (Å²) in [5, 5.41) is 108. The quantitative estimate of drug-likeness (QED) is 0.0762. The molecule has 0 spiro atoms. The van der Waals surface area contributed by atoms with Crippen molar-refractivity contribution < 1.29 is 103 Å². The van der Waals surface area contributed by atoms with Crippen molar-refractivity contribution in [2.75, 3.05) is 19.8 Å². The fourth-order valence-electron chi connectivity index (χ4n) is 15.7. The summed E-state index contributed by atoms with van der Waals surface area (Å²) in [4.78, 5) is 39.1. The summed E-state index contributed by atoms with van der Waals surface area (Å²) >= 11 is 0. The van der Waals surface area contributed by atoms with E-state index < -0.39 is 170 Å². The molecule has 72 heavy (non-hydrogen) atoms. The number of ether oxygens (including phenoxy) is 8. The Bertz CT molecular complexity index is 2050. The Morgan fingerprint density at radius 1 is 0.653 bits per heavy atom. The number of fused-ring (bicyclic) bond motifs is 7. The Hall–Kier alpha value is -2.45. The zero-order chi connectivity index (χ0) is 53.0. The highest BCUT2D eigenvalue weighted by molar-refractivity contribution is 5.79. The summed E-state index contributed by atoms with van der Waals surface area (Å²) in [6.45, 7) is 15.7. The van der Waals surface area contributed by atoms with E-state index in [-0.39, 0.29) is 29.1 Å². The predicted molar refractivity (Wildman–Crippen MR) is 246 cm³/mol. The molecule has 10 N–H and O–H groups in total. The van der Waals surface area contributed by atoms with Crippen molar-refractivity contribution >= 4 is 17.9 Å². The van der Waals surface area contributed by atoms with E-state index in [9.17, 15) is 65.4 Å². The van der Waals surface area contributed by atoms with Crippen molar-refractivity contribution in [2.24, 2.45) is 50.2 Å². The molecule has 21 heteroatoms. The van der Waals surface area contributed by atoms with Crippen LogP contribution in [0.3, 0.4) is 0 Å². The van der Waals surface area contributed by atoms with Gasteiger partial charge in [0.25, 0.3) is 0 Å². The number of esters is 2. The molecular formula is C51H80O21. The largest absolute Gasteiger partial charge is 0.481 e. The summed E-state index contributed by atoms with van der Waals surface area (Å²) in [6, 6.07) is 0. The van der Waals surface area contributed by atoms with Crippen LogP contribution < -0.4 is 0 Å². The molecular weight excluding hydrogens is 949 g/mol. The minimum Gasteiger partial charge on any atom is -0.481 e. The van der Waals surface area contributed by atoms with Crippen molar-refractivity contribution in [2.45, 2.75) is 218 Å². The molecule has 0 aromatic heterocycles. The Kier molecular flexibility index (Phi) is 15.4. The fourth-order valence-corrected chi connectivity index (χ4v) is 15.7. The average Bonchev–Trinajstić information content (AvgIpc) is 3.30. The highest BCUT2D eigenvalue weighted by Gasteiger charge is 2.73. The predicted octanol–water partition coefficient (Wildman–Crippen LogP) is 0.429. The van der Waals surface area contributed by atoms with E-state index in [1.807, 2.05) is 13.8 Å². The maximum absolute atomic E-state index is 13.8. The number of allylic oxidation sites excluding steroid dienone is 2. The number of aliphatic carboxylic acids is 1. The number of carbonyl (C=O) groups excluding carboxylic acids is 2. The number of aliphatic hydroxyl groups is 9. The van der Waals surface area contributed by atoms with Crippen LogP contribution >= 0.6 is 0 Å². The molecule has 0 aromatic carbocycles. The monoisotopic (exact) mass is 1030 g/mol. The lowest BCUT2D eigenvalue weighted by Gasteiger charge is -2.71. The molecule has 3 saturated heterocycles. The van der Waals surface area contributed by atoms with Crippen LogP contribution in [0.15, 0.2) is 11.6 Å². The van der Waals surface area contributed by atoms with Crippen molar-refractivity contribution in [3.63, 3.8) is 0 Å². The molecule has 3 aliphatic heterocycles. The van der Waals surface area contributed by atoms with Gasteiger partial charge >= 0.3 is 17.9 Å². The molecule has 4 saturated carbocycles. The van der Waals surface area contributed by atoms with Gasteiger partial charge in [-0.15, -0.1) is 0 Å². The third-order valence-corrected chi connectivity index (χ3v) is 19.7. The smallest absolute Gasteiger partial charge is 0.314 e. The first-order valence-electron chi connectivity index (χ1n) is 25.7. The normalized spacial score (nSPS) is 50.7. The Labute approximate surface area is 420 Å². The molecule has 8 rings (SSSR count). The Balaban J connectivity index is 1.08. The van der Waals surface area contributed by atoms with Crippen LogP contribution in [0.2, 0.25) is 0 Å². The molecule has 8 aliphatic rings. The van der Waals surface area contributed by atoms with E-state index in [4.69, 9.17) is 37.9 Å². The molecule has 21 nitrogen and oxygen atoms in total. The van der Waals surface area contributed by atoms with E-state index in [0.29, 0.717) is 32.1 Å². The maximum atomic E-state index is 13.8. The Morgan fingerprint density at radius 3 is 1.89 bits per heavy atom. The van der Waals surface area contributed by atoms with Gasteiger partial charge in [0, 0.05) is 25.2 Å². The minimum atomic E-state index is -1.89. The lowest BCUT2D eigenvalue weighted by Crippen LogP contribution is -2.70. The van der Waals surface area contributed by atoms with Crippen LogP contribution in [0.1, 0.15) is 114 Å². The van der Waals surface area contributed by atoms with Crippen molar-refractivity contribution in [3.8, 4) is 0 Å². The standard InChI is InChI=1S/C51H80O21/c1-22(54)66-40-41(67-23(2)55)51(45(63)64)17-16-49(8)24(25(51)18-46(40,3)4)10-11-30-48(7)14-13-31(47(5,6)29(48)12-15-50(30,49)9)70-44-39(72-43-36(61)34(59)33(58)27(19-52)68-43)37(62)38(28(20-53)69-44)71-42-35(60)32(57)26(56)21-65-42/h10,25-44,52-53,56-62H,11-21H2,1-9H3,(H,63,64)/t25-,26-,27+,28+,29-,30+,31-,32-,33+,34-,35+,36+,37-,38+,39+,40-,41-,42-,43-,44-,48-,49+,50+,51-/m0/s1. The van der Waals surface area contributed by atoms with E-state index in [1.54, 1.807) is 0 Å². The molecule has 0 bridgehead atoms. The van der Waals surface area contributed by atoms with E-state index >= 15 is 0 Å². The van der Waals surface area contributed by atoms with Crippen molar-refractivity contribution in [1.82, 2.24) is 0 Å². The van der Waals surface area contributed by atoms with Crippen molar-refractivity contribution in [3.05, 3.63) is 11.6 Å². The van der Waals surface area contributed by atoms with Crippen molar-refractivity contribution in [1.29, 1.82) is 0 Å². The van der Waals surface area contributed by atoms with Gasteiger partial charge in [0.05, 0.1) is 25.9 Å². The number of carbonyl (C=O) groups is 3. The zero-order valence-corrected chi connectivity index (χ0v) is 42.9. The van der Waals surface area contributed by atoms with Crippen LogP contribution in [0.25, 0.3) is 0 Å². The number of hydrogen-bond donors (Lipinski definition) is 10. The summed E-state index contributed by atoms with van der Waals surface area (Å²) < 4.78 is 48.4. The van der Waals surface area contributed by atoms with Gasteiger partial charge in [0.15, 0.2) is 25.0 Å². The van der Waals surface area contributed by atoms with Gasteiger partial charge in [-0.1, -0.05) is 60.1 Å². The zero-order valence-electron chi connectivity index (χ0n) is 42.9. The highest BCUT2D eigenvalue weighted by atomic mass is 16.8. The molecule has 0 aromatic rings. The molecule has 5 aliphatic carbocycles. The lowest BCUT2D eigenvalue weighted by molar-refractivity contribution is -0.392. The third-order valence-electron chi connectivity index (χ3n) is 19.7. The number of carboxylic acids is 1. The minimum absolute atomic E-state index is 0.0447. The number of hydrogen-bond acceptors (Lipinski definition) is 20. The second-order valence-corrected chi connectivity index (χ2v) is 24.3. The molecule has 410 valence electrons. The maximum Gasteiger partial charge on any atom is 0.314 e. The number of aliphatic hydroxyl groups excluding tert-OH is 9. The van der Waals surface area contributed by atoms with Crippen LogP contribution in [-0.4, -0.2) is 193 Å². The molecule has 0 amide bonds.